The summed E-state index contributed by atoms with van der Waals surface area (Å²) >= 11 is 0. The molecule has 0 bridgehead atoms. The van der Waals surface area contributed by atoms with Crippen molar-refractivity contribution < 1.29 is 28.6 Å². The number of rotatable bonds is 6. The molecule has 0 aliphatic carbocycles. The van der Waals surface area contributed by atoms with Crippen molar-refractivity contribution in [2.45, 2.75) is 113 Å². The molecule has 0 N–H and O–H groups in total. The fraction of sp³-hybridized carbons (Fsp3) is 0.921. The van der Waals surface area contributed by atoms with Gasteiger partial charge in [-0.05, 0) is 47.8 Å². The van der Waals surface area contributed by atoms with Crippen molar-refractivity contribution in [3.05, 3.63) is 0 Å². The molecule has 0 spiro atoms. The van der Waals surface area contributed by atoms with Crippen LogP contribution in [0.15, 0.2) is 0 Å². The lowest BCUT2D eigenvalue weighted by Crippen LogP contribution is -2.50. The van der Waals surface area contributed by atoms with Crippen LogP contribution in [0.25, 0.3) is 0 Å². The van der Waals surface area contributed by atoms with Crippen LogP contribution >= 0.6 is 0 Å². The fourth-order valence-electron chi connectivity index (χ4n) is 6.57. The van der Waals surface area contributed by atoms with Gasteiger partial charge in [0.2, 0.25) is 11.8 Å². The Morgan fingerprint density at radius 2 is 0.979 bits per heavy atom. The minimum Gasteiger partial charge on any atom is -0.469 e. The molecule has 0 aromatic heterocycles. The third-order valence-electron chi connectivity index (χ3n) is 9.23. The van der Waals surface area contributed by atoms with E-state index in [4.69, 9.17) is 9.47 Å². The Balaban J connectivity index is 0.000000269. The van der Waals surface area contributed by atoms with Crippen LogP contribution in [0, 0.1) is 22.2 Å². The number of hydrogen-bond acceptors (Lipinski definition) is 8. The zero-order chi connectivity index (χ0) is 36.0. The second-order valence-corrected chi connectivity index (χ2v) is 17.8. The summed E-state index contributed by atoms with van der Waals surface area (Å²) in [5.41, 5.74) is 0.243. The molecule has 0 aromatic rings. The highest BCUT2D eigenvalue weighted by atomic mass is 16.5. The highest BCUT2D eigenvalue weighted by Crippen LogP contribution is 2.25. The number of nitrogens with zero attached hydrogens (tertiary/aromatic N) is 4. The van der Waals surface area contributed by atoms with Crippen molar-refractivity contribution in [3.8, 4) is 0 Å². The molecule has 0 unspecified atom stereocenters. The van der Waals surface area contributed by atoms with Gasteiger partial charge >= 0.3 is 5.97 Å². The maximum Gasteiger partial charge on any atom is 0.306 e. The molecule has 4 aliphatic heterocycles. The molecule has 10 heteroatoms. The molecule has 4 aliphatic rings. The molecule has 4 fully saturated rings. The standard InChI is InChI=1S/C16H30N2O2.C15H28N2O2.C7H14O2/c1-16(2,3)12-15(19)18-6-4-14(5-7-18)13-17-8-10-20-11-9-17;1-15(2,3)12-14(18)17-6-4-13(5-7-17)16-8-10-19-11-9-16;1-7(2,3)5-6(8)9-4/h14H,4-13H2,1-3H3;13H,4-12H2,1-3H3;5H2,1-4H3. The van der Waals surface area contributed by atoms with Gasteiger partial charge in [-0.2, -0.15) is 0 Å². The van der Waals surface area contributed by atoms with Crippen LogP contribution in [0.3, 0.4) is 0 Å². The Bertz CT molecular complexity index is 942. The molecule has 0 radical (unpaired) electrons. The number of carbonyl (C=O) groups excluding carboxylic acids is 3. The molecule has 2 amide bonds. The first kappa shape index (κ1) is 42.4. The first-order valence-corrected chi connectivity index (χ1v) is 18.6. The van der Waals surface area contributed by atoms with Gasteiger partial charge in [-0.25, -0.2) is 0 Å². The second kappa shape index (κ2) is 20.2. The van der Waals surface area contributed by atoms with Crippen molar-refractivity contribution in [3.63, 3.8) is 0 Å². The average molecular weight is 681 g/mol. The highest BCUT2D eigenvalue weighted by molar-refractivity contribution is 5.77. The Kier molecular flexibility index (Phi) is 17.8. The van der Waals surface area contributed by atoms with E-state index in [2.05, 4.69) is 65.9 Å². The van der Waals surface area contributed by atoms with Crippen molar-refractivity contribution in [1.29, 1.82) is 0 Å². The molecule has 10 nitrogen and oxygen atoms in total. The van der Waals surface area contributed by atoms with E-state index in [1.807, 2.05) is 20.8 Å². The van der Waals surface area contributed by atoms with Crippen molar-refractivity contribution >= 4 is 17.8 Å². The molecule has 0 atom stereocenters. The molecular formula is C38H72N4O6. The zero-order valence-electron chi connectivity index (χ0n) is 32.5. The van der Waals surface area contributed by atoms with Crippen LogP contribution in [-0.2, 0) is 28.6 Å². The maximum absolute atomic E-state index is 12.2. The smallest absolute Gasteiger partial charge is 0.306 e. The zero-order valence-corrected chi connectivity index (χ0v) is 32.5. The van der Waals surface area contributed by atoms with Gasteiger partial charge in [0.25, 0.3) is 0 Å². The predicted molar refractivity (Wildman–Crippen MR) is 193 cm³/mol. The third kappa shape index (κ3) is 18.3. The summed E-state index contributed by atoms with van der Waals surface area (Å²) < 4.78 is 15.3. The molecule has 48 heavy (non-hydrogen) atoms. The Morgan fingerprint density at radius 1 is 0.583 bits per heavy atom. The van der Waals surface area contributed by atoms with Crippen molar-refractivity contribution in [2.24, 2.45) is 22.2 Å². The minimum absolute atomic E-state index is 0.0487. The first-order chi connectivity index (χ1) is 22.3. The summed E-state index contributed by atoms with van der Waals surface area (Å²) in [5, 5.41) is 0. The molecule has 0 saturated carbocycles. The number of hydrogen-bond donors (Lipinski definition) is 0. The van der Waals surface area contributed by atoms with Crippen LogP contribution in [-0.4, -0.2) is 136 Å². The third-order valence-corrected chi connectivity index (χ3v) is 9.23. The monoisotopic (exact) mass is 681 g/mol. The summed E-state index contributed by atoms with van der Waals surface area (Å²) in [5.74, 6) is 1.28. The van der Waals surface area contributed by atoms with Crippen LogP contribution in [0.1, 0.15) is 107 Å². The number of likely N-dealkylation sites (tertiary alicyclic amines) is 2. The molecule has 280 valence electrons. The summed E-state index contributed by atoms with van der Waals surface area (Å²) in [4.78, 5) is 44.2. The first-order valence-electron chi connectivity index (χ1n) is 18.6. The average Bonchev–Trinajstić information content (AvgIpc) is 3.00. The van der Waals surface area contributed by atoms with Gasteiger partial charge in [0.05, 0.1) is 40.0 Å². The van der Waals surface area contributed by atoms with E-state index in [1.54, 1.807) is 0 Å². The summed E-state index contributed by atoms with van der Waals surface area (Å²) in [6, 6.07) is 0.655. The molecule has 4 heterocycles. The number of piperidine rings is 2. The van der Waals surface area contributed by atoms with Gasteiger partial charge in [-0.15, -0.1) is 0 Å². The largest absolute Gasteiger partial charge is 0.469 e. The lowest BCUT2D eigenvalue weighted by atomic mass is 9.90. The number of carbonyl (C=O) groups is 3. The van der Waals surface area contributed by atoms with E-state index >= 15 is 0 Å². The second-order valence-electron chi connectivity index (χ2n) is 17.8. The van der Waals surface area contributed by atoms with Crippen LogP contribution in [0.5, 0.6) is 0 Å². The van der Waals surface area contributed by atoms with Gasteiger partial charge in [-0.3, -0.25) is 24.2 Å². The van der Waals surface area contributed by atoms with E-state index in [9.17, 15) is 14.4 Å². The number of amides is 2. The van der Waals surface area contributed by atoms with E-state index in [0.29, 0.717) is 37.1 Å². The lowest BCUT2D eigenvalue weighted by molar-refractivity contribution is -0.142. The maximum atomic E-state index is 12.2. The topological polar surface area (TPSA) is 91.9 Å². The van der Waals surface area contributed by atoms with Crippen LogP contribution in [0.4, 0.5) is 0 Å². The van der Waals surface area contributed by atoms with Gasteiger partial charge < -0.3 is 24.0 Å². The minimum atomic E-state index is -0.137. The van der Waals surface area contributed by atoms with E-state index in [0.717, 1.165) is 110 Å². The van der Waals surface area contributed by atoms with E-state index in [-0.39, 0.29) is 22.2 Å². The number of morpholine rings is 2. The number of ether oxygens (including phenoxy) is 3. The summed E-state index contributed by atoms with van der Waals surface area (Å²) in [6.45, 7) is 31.5. The summed E-state index contributed by atoms with van der Waals surface area (Å²) in [6.07, 6.45) is 6.38. The lowest BCUT2D eigenvalue weighted by Gasteiger charge is -2.40. The number of methoxy groups -OCH3 is 1. The van der Waals surface area contributed by atoms with Gasteiger partial charge in [0.15, 0.2) is 0 Å². The Hall–Kier alpha value is -1.75. The predicted octanol–water partition coefficient (Wildman–Crippen LogP) is 5.33. The molecule has 0 aromatic carbocycles. The normalized spacial score (nSPS) is 21.0. The van der Waals surface area contributed by atoms with Crippen LogP contribution < -0.4 is 0 Å². The molecule has 4 saturated heterocycles. The van der Waals surface area contributed by atoms with E-state index in [1.165, 1.54) is 13.7 Å². The van der Waals surface area contributed by atoms with Crippen molar-refractivity contribution in [1.82, 2.24) is 19.6 Å². The number of esters is 1. The molecular weight excluding hydrogens is 608 g/mol. The summed E-state index contributed by atoms with van der Waals surface area (Å²) in [7, 11) is 1.41. The molecule has 4 rings (SSSR count). The van der Waals surface area contributed by atoms with E-state index < -0.39 is 0 Å². The quantitative estimate of drug-likeness (QED) is 0.348. The Labute approximate surface area is 293 Å². The highest BCUT2D eigenvalue weighted by Gasteiger charge is 2.30. The van der Waals surface area contributed by atoms with Crippen LogP contribution in [0.2, 0.25) is 0 Å². The SMILES string of the molecule is CC(C)(C)CC(=O)N1CCC(CN2CCOCC2)CC1.CC(C)(C)CC(=O)N1CCC(N2CCOCC2)CC1.COC(=O)CC(C)(C)C. The Morgan fingerprint density at radius 3 is 1.35 bits per heavy atom. The van der Waals surface area contributed by atoms with Gasteiger partial charge in [0, 0.05) is 77.8 Å². The fourth-order valence-corrected chi connectivity index (χ4v) is 6.57. The van der Waals surface area contributed by atoms with Crippen molar-refractivity contribution in [2.75, 3.05) is 92.4 Å². The van der Waals surface area contributed by atoms with Gasteiger partial charge in [-0.1, -0.05) is 62.3 Å². The van der Waals surface area contributed by atoms with Gasteiger partial charge in [0.1, 0.15) is 0 Å².